The van der Waals surface area contributed by atoms with Crippen LogP contribution in [0.15, 0.2) is 23.4 Å². The molecule has 2 heteroatoms. The molecule has 3 rings (SSSR count). The SMILES string of the molecule is CC1(C2CCCCC2)C=CC(N)C(C2CCCCC2)=C1N. The van der Waals surface area contributed by atoms with Crippen LogP contribution in [0.3, 0.4) is 0 Å². The summed E-state index contributed by atoms with van der Waals surface area (Å²) in [6.45, 7) is 2.36. The summed E-state index contributed by atoms with van der Waals surface area (Å²) >= 11 is 0. The van der Waals surface area contributed by atoms with Crippen molar-refractivity contribution in [1.82, 2.24) is 0 Å². The minimum atomic E-state index is 0.0586. The van der Waals surface area contributed by atoms with Gasteiger partial charge in [-0.1, -0.05) is 57.6 Å². The molecule has 0 bridgehead atoms. The van der Waals surface area contributed by atoms with E-state index in [4.69, 9.17) is 11.5 Å². The molecule has 3 aliphatic carbocycles. The molecule has 0 spiro atoms. The second-order valence-corrected chi connectivity index (χ2v) is 7.71. The van der Waals surface area contributed by atoms with Gasteiger partial charge >= 0.3 is 0 Å². The van der Waals surface area contributed by atoms with Crippen LogP contribution in [0.25, 0.3) is 0 Å². The highest BCUT2D eigenvalue weighted by Crippen LogP contribution is 2.48. The van der Waals surface area contributed by atoms with Crippen LogP contribution in [-0.2, 0) is 0 Å². The molecule has 2 saturated carbocycles. The number of rotatable bonds is 2. The number of hydrogen-bond donors (Lipinski definition) is 2. The van der Waals surface area contributed by atoms with Crippen LogP contribution in [0.1, 0.15) is 71.1 Å². The van der Waals surface area contributed by atoms with Crippen LogP contribution < -0.4 is 11.5 Å². The Kier molecular flexibility index (Phi) is 4.44. The first kappa shape index (κ1) is 15.1. The van der Waals surface area contributed by atoms with Crippen molar-refractivity contribution in [3.05, 3.63) is 23.4 Å². The van der Waals surface area contributed by atoms with Crippen LogP contribution in [0.4, 0.5) is 0 Å². The maximum absolute atomic E-state index is 6.76. The van der Waals surface area contributed by atoms with Crippen molar-refractivity contribution >= 4 is 0 Å². The summed E-state index contributed by atoms with van der Waals surface area (Å²) in [4.78, 5) is 0. The predicted octanol–water partition coefficient (Wildman–Crippen LogP) is 4.26. The molecule has 0 amide bonds. The van der Waals surface area contributed by atoms with Crippen molar-refractivity contribution in [2.45, 2.75) is 77.2 Å². The van der Waals surface area contributed by atoms with E-state index in [1.165, 1.54) is 69.8 Å². The van der Waals surface area contributed by atoms with E-state index in [0.717, 1.165) is 5.70 Å². The number of allylic oxidation sites excluding steroid dienone is 1. The molecule has 118 valence electrons. The van der Waals surface area contributed by atoms with Crippen molar-refractivity contribution in [3.8, 4) is 0 Å². The van der Waals surface area contributed by atoms with Gasteiger partial charge in [0.15, 0.2) is 0 Å². The Morgan fingerprint density at radius 2 is 1.52 bits per heavy atom. The lowest BCUT2D eigenvalue weighted by molar-refractivity contribution is 0.216. The Balaban J connectivity index is 1.90. The molecule has 0 aromatic rings. The molecule has 0 aromatic heterocycles. The summed E-state index contributed by atoms with van der Waals surface area (Å²) in [5.74, 6) is 1.36. The lowest BCUT2D eigenvalue weighted by Gasteiger charge is -2.44. The third-order valence-corrected chi connectivity index (χ3v) is 6.40. The molecule has 2 atom stereocenters. The molecule has 0 radical (unpaired) electrons. The topological polar surface area (TPSA) is 52.0 Å². The Hall–Kier alpha value is -0.760. The minimum absolute atomic E-state index is 0.0586. The zero-order valence-corrected chi connectivity index (χ0v) is 13.6. The fourth-order valence-electron chi connectivity index (χ4n) is 4.95. The Morgan fingerprint density at radius 3 is 2.14 bits per heavy atom. The van der Waals surface area contributed by atoms with E-state index in [9.17, 15) is 0 Å². The third kappa shape index (κ3) is 2.79. The van der Waals surface area contributed by atoms with Gasteiger partial charge in [-0.2, -0.15) is 0 Å². The maximum atomic E-state index is 6.76. The van der Waals surface area contributed by atoms with Gasteiger partial charge in [0.05, 0.1) is 0 Å². The fraction of sp³-hybridized carbons (Fsp3) is 0.789. The van der Waals surface area contributed by atoms with Gasteiger partial charge in [-0.15, -0.1) is 0 Å². The number of hydrogen-bond acceptors (Lipinski definition) is 2. The first-order valence-corrected chi connectivity index (χ1v) is 9.08. The summed E-state index contributed by atoms with van der Waals surface area (Å²) in [6, 6.07) is 0.0600. The lowest BCUT2D eigenvalue weighted by Crippen LogP contribution is -2.42. The van der Waals surface area contributed by atoms with Crippen LogP contribution in [0, 0.1) is 17.3 Å². The molecule has 0 aliphatic heterocycles. The zero-order chi connectivity index (χ0) is 14.9. The second kappa shape index (κ2) is 6.16. The normalized spacial score (nSPS) is 36.2. The van der Waals surface area contributed by atoms with E-state index in [-0.39, 0.29) is 11.5 Å². The third-order valence-electron chi connectivity index (χ3n) is 6.40. The minimum Gasteiger partial charge on any atom is -0.401 e. The van der Waals surface area contributed by atoms with E-state index >= 15 is 0 Å². The van der Waals surface area contributed by atoms with Crippen LogP contribution in [-0.4, -0.2) is 6.04 Å². The molecular weight excluding hydrogens is 256 g/mol. The van der Waals surface area contributed by atoms with Gasteiger partial charge in [0.25, 0.3) is 0 Å². The predicted molar refractivity (Wildman–Crippen MR) is 89.6 cm³/mol. The van der Waals surface area contributed by atoms with Crippen molar-refractivity contribution in [2.75, 3.05) is 0 Å². The average molecular weight is 288 g/mol. The van der Waals surface area contributed by atoms with E-state index in [1.807, 2.05) is 0 Å². The molecule has 21 heavy (non-hydrogen) atoms. The standard InChI is InChI=1S/C19H32N2/c1-19(15-10-6-3-7-11-15)13-12-16(20)17(18(19)21)14-8-4-2-5-9-14/h12-16H,2-11,20-21H2,1H3. The van der Waals surface area contributed by atoms with Crippen LogP contribution in [0.2, 0.25) is 0 Å². The molecule has 4 N–H and O–H groups in total. The zero-order valence-electron chi connectivity index (χ0n) is 13.6. The van der Waals surface area contributed by atoms with Gasteiger partial charge in [0.1, 0.15) is 0 Å². The van der Waals surface area contributed by atoms with Gasteiger partial charge in [0, 0.05) is 17.2 Å². The summed E-state index contributed by atoms with van der Waals surface area (Å²) in [5, 5.41) is 0. The average Bonchev–Trinajstić information content (AvgIpc) is 2.53. The Bertz CT molecular complexity index is 425. The maximum Gasteiger partial charge on any atom is 0.0463 e. The molecular formula is C19H32N2. The molecule has 0 aromatic carbocycles. The molecule has 0 saturated heterocycles. The van der Waals surface area contributed by atoms with Gasteiger partial charge in [-0.25, -0.2) is 0 Å². The Morgan fingerprint density at radius 1 is 0.952 bits per heavy atom. The summed E-state index contributed by atoms with van der Waals surface area (Å²) < 4.78 is 0. The van der Waals surface area contributed by atoms with E-state index in [1.54, 1.807) is 0 Å². The first-order chi connectivity index (χ1) is 10.1. The smallest absolute Gasteiger partial charge is 0.0463 e. The summed E-state index contributed by atoms with van der Waals surface area (Å²) in [6.07, 6.45) is 18.0. The van der Waals surface area contributed by atoms with Crippen LogP contribution >= 0.6 is 0 Å². The number of nitrogens with two attached hydrogens (primary N) is 2. The van der Waals surface area contributed by atoms with E-state index in [2.05, 4.69) is 19.1 Å². The largest absolute Gasteiger partial charge is 0.401 e. The lowest BCUT2D eigenvalue weighted by atomic mass is 9.63. The van der Waals surface area contributed by atoms with Crippen molar-refractivity contribution in [2.24, 2.45) is 28.7 Å². The highest BCUT2D eigenvalue weighted by molar-refractivity contribution is 5.38. The van der Waals surface area contributed by atoms with Gasteiger partial charge in [-0.05, 0) is 43.1 Å². The van der Waals surface area contributed by atoms with Crippen molar-refractivity contribution in [3.63, 3.8) is 0 Å². The van der Waals surface area contributed by atoms with E-state index < -0.39 is 0 Å². The highest BCUT2D eigenvalue weighted by atomic mass is 14.7. The van der Waals surface area contributed by atoms with Gasteiger partial charge in [-0.3, -0.25) is 0 Å². The molecule has 0 heterocycles. The quantitative estimate of drug-likeness (QED) is 0.746. The molecule has 2 fully saturated rings. The monoisotopic (exact) mass is 288 g/mol. The second-order valence-electron chi connectivity index (χ2n) is 7.71. The molecule has 2 unspecified atom stereocenters. The molecule has 2 nitrogen and oxygen atoms in total. The summed E-state index contributed by atoms with van der Waals surface area (Å²) in [7, 11) is 0. The molecule has 3 aliphatic rings. The first-order valence-electron chi connectivity index (χ1n) is 9.08. The van der Waals surface area contributed by atoms with Crippen molar-refractivity contribution < 1.29 is 0 Å². The Labute approximate surface area is 130 Å². The van der Waals surface area contributed by atoms with Crippen LogP contribution in [0.5, 0.6) is 0 Å². The van der Waals surface area contributed by atoms with E-state index in [0.29, 0.717) is 11.8 Å². The van der Waals surface area contributed by atoms with Gasteiger partial charge < -0.3 is 11.5 Å². The van der Waals surface area contributed by atoms with Gasteiger partial charge in [0.2, 0.25) is 0 Å². The summed E-state index contributed by atoms with van der Waals surface area (Å²) in [5.41, 5.74) is 15.8. The fourth-order valence-corrected chi connectivity index (χ4v) is 4.95. The highest BCUT2D eigenvalue weighted by Gasteiger charge is 2.40. The van der Waals surface area contributed by atoms with Crippen molar-refractivity contribution in [1.29, 1.82) is 0 Å².